The van der Waals surface area contributed by atoms with Gasteiger partial charge in [-0.25, -0.2) is 0 Å². The van der Waals surface area contributed by atoms with Gasteiger partial charge >= 0.3 is 5.97 Å². The lowest BCUT2D eigenvalue weighted by atomic mass is 10.0. The van der Waals surface area contributed by atoms with E-state index in [9.17, 15) is 19.8 Å². The Morgan fingerprint density at radius 1 is 0.325 bits per heavy atom. The fraction of sp³-hybridized carbons (Fsp3) is 0.922. The number of hydrogen-bond acceptors (Lipinski definition) is 5. The molecule has 0 spiro atoms. The predicted molar refractivity (Wildman–Crippen MR) is 366 cm³/mol. The third kappa shape index (κ3) is 69.3. The highest BCUT2D eigenvalue weighted by molar-refractivity contribution is 5.76. The first-order valence-corrected chi connectivity index (χ1v) is 38.1. The largest absolute Gasteiger partial charge is 0.466 e. The smallest absolute Gasteiger partial charge is 0.305 e. The predicted octanol–water partition coefficient (Wildman–Crippen LogP) is 24.9. The third-order valence-corrected chi connectivity index (χ3v) is 18.0. The Balaban J connectivity index is 3.38. The van der Waals surface area contributed by atoms with Gasteiger partial charge in [0.25, 0.3) is 0 Å². The van der Waals surface area contributed by atoms with Crippen LogP contribution >= 0.6 is 0 Å². The molecule has 1 amide bonds. The van der Waals surface area contributed by atoms with Gasteiger partial charge in [-0.05, 0) is 57.8 Å². The average molecular weight is 1170 g/mol. The molecule has 0 bridgehead atoms. The van der Waals surface area contributed by atoms with Gasteiger partial charge in [-0.1, -0.05) is 385 Å². The second-order valence-corrected chi connectivity index (χ2v) is 26.3. The number of esters is 1. The molecule has 0 saturated heterocycles. The van der Waals surface area contributed by atoms with Gasteiger partial charge in [-0.3, -0.25) is 9.59 Å². The van der Waals surface area contributed by atoms with Gasteiger partial charge in [0.2, 0.25) is 5.91 Å². The first-order valence-electron chi connectivity index (χ1n) is 38.1. The number of allylic oxidation sites excluding steroid dienone is 3. The number of carbonyl (C=O) groups is 2. The first-order chi connectivity index (χ1) is 41.0. The van der Waals surface area contributed by atoms with Crippen LogP contribution in [0.3, 0.4) is 0 Å². The number of amides is 1. The molecule has 492 valence electrons. The molecule has 6 heteroatoms. The molecule has 0 aromatic carbocycles. The second-order valence-electron chi connectivity index (χ2n) is 26.3. The molecule has 0 saturated carbocycles. The minimum Gasteiger partial charge on any atom is -0.466 e. The summed E-state index contributed by atoms with van der Waals surface area (Å²) >= 11 is 0. The molecule has 0 radical (unpaired) electrons. The van der Waals surface area contributed by atoms with Crippen LogP contribution in [0.4, 0.5) is 0 Å². The first kappa shape index (κ1) is 81.3. The van der Waals surface area contributed by atoms with Crippen LogP contribution in [0.15, 0.2) is 24.3 Å². The highest BCUT2D eigenvalue weighted by Gasteiger charge is 2.18. The highest BCUT2D eigenvalue weighted by Crippen LogP contribution is 2.19. The number of nitrogens with one attached hydrogen (secondary N) is 1. The van der Waals surface area contributed by atoms with E-state index in [1.165, 1.54) is 366 Å². The summed E-state index contributed by atoms with van der Waals surface area (Å²) in [5, 5.41) is 23.3. The molecule has 6 nitrogen and oxygen atoms in total. The number of carbonyl (C=O) groups excluding carboxylic acids is 2. The van der Waals surface area contributed by atoms with Crippen LogP contribution < -0.4 is 5.32 Å². The number of rotatable bonds is 72. The maximum Gasteiger partial charge on any atom is 0.305 e. The van der Waals surface area contributed by atoms with Crippen molar-refractivity contribution in [3.05, 3.63) is 24.3 Å². The zero-order valence-electron chi connectivity index (χ0n) is 56.5. The van der Waals surface area contributed by atoms with E-state index in [2.05, 4.69) is 31.3 Å². The standard InChI is InChI=1S/C77H149NO5/c1-3-5-7-9-11-13-15-17-19-20-21-32-35-38-42-45-49-53-57-61-65-69-75(80)74(73-79)78-76(81)70-66-62-58-54-50-46-43-39-36-33-30-28-26-24-22-23-25-27-29-31-34-37-40-44-48-52-56-60-64-68-72-83-77(82)71-67-63-59-55-51-47-41-18-16-14-12-10-8-6-4-2/h23,25,65,69,74-75,79-80H,3-22,24,26-64,66-68,70-73H2,1-2H3,(H,78,81)/b25-23-,69-65+. The van der Waals surface area contributed by atoms with E-state index < -0.39 is 12.1 Å². The van der Waals surface area contributed by atoms with Crippen molar-refractivity contribution in [2.24, 2.45) is 0 Å². The number of unbranched alkanes of at least 4 members (excludes halogenated alkanes) is 59. The minimum atomic E-state index is -0.844. The summed E-state index contributed by atoms with van der Waals surface area (Å²) in [6.07, 6.45) is 92.8. The van der Waals surface area contributed by atoms with Gasteiger partial charge in [0.15, 0.2) is 0 Å². The van der Waals surface area contributed by atoms with E-state index in [1.807, 2.05) is 6.08 Å². The number of hydrogen-bond donors (Lipinski definition) is 3. The third-order valence-electron chi connectivity index (χ3n) is 18.0. The molecule has 0 aliphatic heterocycles. The maximum atomic E-state index is 12.5. The van der Waals surface area contributed by atoms with E-state index in [4.69, 9.17) is 4.74 Å². The highest BCUT2D eigenvalue weighted by atomic mass is 16.5. The quantitative estimate of drug-likeness (QED) is 0.0320. The monoisotopic (exact) mass is 1170 g/mol. The van der Waals surface area contributed by atoms with Crippen molar-refractivity contribution < 1.29 is 24.5 Å². The van der Waals surface area contributed by atoms with Gasteiger partial charge in [0.1, 0.15) is 0 Å². The lowest BCUT2D eigenvalue weighted by Gasteiger charge is -2.20. The Morgan fingerprint density at radius 2 is 0.566 bits per heavy atom. The molecule has 2 atom stereocenters. The van der Waals surface area contributed by atoms with Crippen molar-refractivity contribution in [1.29, 1.82) is 0 Å². The van der Waals surface area contributed by atoms with Crippen molar-refractivity contribution in [2.75, 3.05) is 13.2 Å². The van der Waals surface area contributed by atoms with Crippen LogP contribution in [0, 0.1) is 0 Å². The van der Waals surface area contributed by atoms with E-state index in [0.29, 0.717) is 19.4 Å². The average Bonchev–Trinajstić information content (AvgIpc) is 3.49. The maximum absolute atomic E-state index is 12.5. The van der Waals surface area contributed by atoms with Crippen LogP contribution in [0.2, 0.25) is 0 Å². The lowest BCUT2D eigenvalue weighted by Crippen LogP contribution is -2.45. The van der Waals surface area contributed by atoms with Crippen LogP contribution in [-0.2, 0) is 14.3 Å². The molecule has 0 fully saturated rings. The summed E-state index contributed by atoms with van der Waals surface area (Å²) in [4.78, 5) is 24.6. The van der Waals surface area contributed by atoms with Crippen LogP contribution in [-0.4, -0.2) is 47.4 Å². The molecular formula is C77H149NO5. The van der Waals surface area contributed by atoms with E-state index >= 15 is 0 Å². The van der Waals surface area contributed by atoms with Crippen molar-refractivity contribution in [1.82, 2.24) is 5.32 Å². The fourth-order valence-corrected chi connectivity index (χ4v) is 12.2. The molecule has 0 aliphatic carbocycles. The molecule has 83 heavy (non-hydrogen) atoms. The van der Waals surface area contributed by atoms with E-state index in [1.54, 1.807) is 6.08 Å². The van der Waals surface area contributed by atoms with Gasteiger partial charge in [-0.2, -0.15) is 0 Å². The normalized spacial score (nSPS) is 12.6. The van der Waals surface area contributed by atoms with Crippen LogP contribution in [0.5, 0.6) is 0 Å². The fourth-order valence-electron chi connectivity index (χ4n) is 12.2. The Hall–Kier alpha value is -1.66. The summed E-state index contributed by atoms with van der Waals surface area (Å²) in [5.74, 6) is -0.0413. The van der Waals surface area contributed by atoms with Gasteiger partial charge in [-0.15, -0.1) is 0 Å². The molecule has 0 aliphatic rings. The number of aliphatic hydroxyl groups excluding tert-OH is 2. The zero-order valence-corrected chi connectivity index (χ0v) is 56.5. The van der Waals surface area contributed by atoms with E-state index in [0.717, 1.165) is 38.5 Å². The molecule has 2 unspecified atom stereocenters. The van der Waals surface area contributed by atoms with Crippen molar-refractivity contribution >= 4 is 11.9 Å². The van der Waals surface area contributed by atoms with Gasteiger partial charge < -0.3 is 20.3 Å². The minimum absolute atomic E-state index is 0.0206. The van der Waals surface area contributed by atoms with Crippen molar-refractivity contribution in [3.63, 3.8) is 0 Å². The molecule has 0 aromatic rings. The molecule has 0 heterocycles. The lowest BCUT2D eigenvalue weighted by molar-refractivity contribution is -0.143. The van der Waals surface area contributed by atoms with Crippen LogP contribution in [0.25, 0.3) is 0 Å². The van der Waals surface area contributed by atoms with Crippen molar-refractivity contribution in [2.45, 2.75) is 443 Å². The zero-order chi connectivity index (χ0) is 59.9. The van der Waals surface area contributed by atoms with E-state index in [-0.39, 0.29) is 18.5 Å². The number of ether oxygens (including phenoxy) is 1. The Labute approximate surface area is 520 Å². The molecule has 0 aromatic heterocycles. The van der Waals surface area contributed by atoms with Gasteiger partial charge in [0.05, 0.1) is 25.4 Å². The molecule has 0 rings (SSSR count). The summed E-state index contributed by atoms with van der Waals surface area (Å²) < 4.78 is 5.50. The van der Waals surface area contributed by atoms with Crippen LogP contribution in [0.1, 0.15) is 431 Å². The molecule has 3 N–H and O–H groups in total. The summed E-state index contributed by atoms with van der Waals surface area (Å²) in [6.45, 7) is 4.96. The Kier molecular flexibility index (Phi) is 71.4. The SMILES string of the molecule is CCCCCCCCCCCCCCCCCCCCC/C=C/C(O)C(CO)NC(=O)CCCCCCCCCCCCCCCC/C=C\CCCCCCCCCCCCCCOC(=O)CCCCCCCCCCCCCCCCC. The number of aliphatic hydroxyl groups is 2. The summed E-state index contributed by atoms with van der Waals surface area (Å²) in [6, 6.07) is -0.628. The van der Waals surface area contributed by atoms with Crippen molar-refractivity contribution in [3.8, 4) is 0 Å². The van der Waals surface area contributed by atoms with Gasteiger partial charge in [0, 0.05) is 12.8 Å². The Bertz CT molecular complexity index is 1300. The Morgan fingerprint density at radius 3 is 0.855 bits per heavy atom. The second kappa shape index (κ2) is 72.8. The molecular weight excluding hydrogens is 1020 g/mol. The summed E-state index contributed by atoms with van der Waals surface area (Å²) in [5.41, 5.74) is 0. The summed E-state index contributed by atoms with van der Waals surface area (Å²) in [7, 11) is 0. The topological polar surface area (TPSA) is 95.9 Å².